The average molecular weight is 372 g/mol. The van der Waals surface area contributed by atoms with Gasteiger partial charge in [0.1, 0.15) is 0 Å². The summed E-state index contributed by atoms with van der Waals surface area (Å²) in [5.74, 6) is -0.144. The Balaban J connectivity index is 1.65. The number of nitrogens with one attached hydrogen (secondary N) is 2. The number of ketones is 2. The number of benzene rings is 2. The third-order valence-electron chi connectivity index (χ3n) is 5.41. The Morgan fingerprint density at radius 3 is 1.46 bits per heavy atom. The van der Waals surface area contributed by atoms with Crippen molar-refractivity contribution in [3.05, 3.63) is 95.3 Å². The first kappa shape index (κ1) is 18.2. The van der Waals surface area contributed by atoms with Crippen LogP contribution in [0.15, 0.2) is 84.2 Å². The molecule has 4 rings (SSSR count). The summed E-state index contributed by atoms with van der Waals surface area (Å²) in [6, 6.07) is 19.0. The molecule has 142 valence electrons. The molecule has 2 atom stereocenters. The highest BCUT2D eigenvalue weighted by molar-refractivity contribution is 6.07. The topological polar surface area (TPSA) is 58.2 Å². The molecule has 2 N–H and O–H groups in total. The molecule has 0 amide bonds. The summed E-state index contributed by atoms with van der Waals surface area (Å²) in [5.41, 5.74) is 2.66. The molecular formula is C24H24N2O2. The second kappa shape index (κ2) is 8.26. The fraction of sp³-hybridized carbons (Fsp3) is 0.250. The van der Waals surface area contributed by atoms with Crippen LogP contribution in [0.1, 0.15) is 46.4 Å². The Morgan fingerprint density at radius 1 is 0.679 bits per heavy atom. The minimum absolute atomic E-state index is 0.0720. The van der Waals surface area contributed by atoms with Crippen LogP contribution in [0.4, 0.5) is 0 Å². The molecule has 1 saturated heterocycles. The van der Waals surface area contributed by atoms with E-state index in [1.165, 1.54) is 12.8 Å². The summed E-state index contributed by atoms with van der Waals surface area (Å²) in [5, 5.41) is 7.04. The molecule has 1 saturated carbocycles. The first-order valence-corrected chi connectivity index (χ1v) is 9.86. The van der Waals surface area contributed by atoms with Crippen molar-refractivity contribution in [1.29, 1.82) is 0 Å². The van der Waals surface area contributed by atoms with E-state index in [9.17, 15) is 9.59 Å². The van der Waals surface area contributed by atoms with E-state index in [0.29, 0.717) is 22.5 Å². The number of rotatable bonds is 4. The summed E-state index contributed by atoms with van der Waals surface area (Å²) < 4.78 is 0. The van der Waals surface area contributed by atoms with Crippen molar-refractivity contribution in [2.75, 3.05) is 0 Å². The first-order chi connectivity index (χ1) is 13.7. The normalized spacial score (nSPS) is 24.1. The van der Waals surface area contributed by atoms with Crippen molar-refractivity contribution in [2.45, 2.75) is 37.8 Å². The van der Waals surface area contributed by atoms with Crippen LogP contribution in [0, 0.1) is 0 Å². The van der Waals surface area contributed by atoms with Crippen molar-refractivity contribution < 1.29 is 9.59 Å². The van der Waals surface area contributed by atoms with Gasteiger partial charge in [0, 0.05) is 35.4 Å². The van der Waals surface area contributed by atoms with Crippen LogP contribution in [-0.2, 0) is 0 Å². The molecule has 0 aromatic heterocycles. The third kappa shape index (κ3) is 4.06. The largest absolute Gasteiger partial charge is 0.378 e. The van der Waals surface area contributed by atoms with Crippen LogP contribution in [-0.4, -0.2) is 23.7 Å². The Labute approximate surface area is 165 Å². The Hall–Kier alpha value is -3.14. The fourth-order valence-corrected chi connectivity index (χ4v) is 3.90. The van der Waals surface area contributed by atoms with Gasteiger partial charge in [-0.2, -0.15) is 0 Å². The molecular weight excluding hydrogens is 348 g/mol. The molecule has 0 bridgehead atoms. The van der Waals surface area contributed by atoms with Gasteiger partial charge in [-0.05, 0) is 12.8 Å². The lowest BCUT2D eigenvalue weighted by Gasteiger charge is -2.40. The maximum atomic E-state index is 12.7. The zero-order chi connectivity index (χ0) is 19.3. The Morgan fingerprint density at radius 2 is 1.07 bits per heavy atom. The van der Waals surface area contributed by atoms with Crippen LogP contribution >= 0.6 is 0 Å². The molecule has 2 aromatic rings. The number of allylic oxidation sites excluding steroid dienone is 2. The van der Waals surface area contributed by atoms with E-state index in [1.54, 1.807) is 36.4 Å². The van der Waals surface area contributed by atoms with Gasteiger partial charge >= 0.3 is 0 Å². The molecule has 4 heteroatoms. The summed E-state index contributed by atoms with van der Waals surface area (Å²) in [4.78, 5) is 25.4. The highest BCUT2D eigenvalue weighted by atomic mass is 16.1. The van der Waals surface area contributed by atoms with Gasteiger partial charge in [0.05, 0.1) is 11.4 Å². The third-order valence-corrected chi connectivity index (χ3v) is 5.41. The zero-order valence-electron chi connectivity index (χ0n) is 15.7. The van der Waals surface area contributed by atoms with Crippen LogP contribution in [0.3, 0.4) is 0 Å². The van der Waals surface area contributed by atoms with Crippen LogP contribution in [0.25, 0.3) is 0 Å². The van der Waals surface area contributed by atoms with Crippen LogP contribution in [0.5, 0.6) is 0 Å². The molecule has 0 spiro atoms. The zero-order valence-corrected chi connectivity index (χ0v) is 15.7. The van der Waals surface area contributed by atoms with Gasteiger partial charge in [-0.15, -0.1) is 0 Å². The minimum atomic E-state index is -0.0720. The molecule has 1 aliphatic carbocycles. The van der Waals surface area contributed by atoms with Crippen molar-refractivity contribution in [1.82, 2.24) is 10.6 Å². The van der Waals surface area contributed by atoms with Crippen molar-refractivity contribution in [2.24, 2.45) is 0 Å². The molecule has 1 aliphatic heterocycles. The van der Waals surface area contributed by atoms with Crippen LogP contribution in [0.2, 0.25) is 0 Å². The number of fused-ring (bicyclic) bond motifs is 1. The monoisotopic (exact) mass is 372 g/mol. The van der Waals surface area contributed by atoms with E-state index in [-0.39, 0.29) is 23.7 Å². The number of carbonyl (C=O) groups is 2. The summed E-state index contributed by atoms with van der Waals surface area (Å²) in [6.07, 6.45) is 7.70. The number of piperazine rings is 1. The van der Waals surface area contributed by atoms with E-state index in [2.05, 4.69) is 10.6 Å². The van der Waals surface area contributed by atoms with Gasteiger partial charge in [-0.3, -0.25) is 9.59 Å². The van der Waals surface area contributed by atoms with E-state index >= 15 is 0 Å². The first-order valence-electron chi connectivity index (χ1n) is 9.86. The van der Waals surface area contributed by atoms with Gasteiger partial charge in [0.15, 0.2) is 11.6 Å². The van der Waals surface area contributed by atoms with E-state index in [1.807, 2.05) is 36.4 Å². The van der Waals surface area contributed by atoms with Crippen molar-refractivity contribution >= 4 is 11.6 Å². The summed E-state index contributed by atoms with van der Waals surface area (Å²) in [6.45, 7) is 0. The van der Waals surface area contributed by atoms with Gasteiger partial charge < -0.3 is 10.6 Å². The fourth-order valence-electron chi connectivity index (χ4n) is 3.90. The second-order valence-electron chi connectivity index (χ2n) is 7.36. The quantitative estimate of drug-likeness (QED) is 0.629. The number of hydrogen-bond donors (Lipinski definition) is 2. The van der Waals surface area contributed by atoms with Crippen LogP contribution < -0.4 is 10.6 Å². The SMILES string of the molecule is O=C(/C=C1\N[C@@H]2CCCC[C@H]2N\C1=C\C(=O)c1ccccc1)c1ccccc1. The van der Waals surface area contributed by atoms with Crippen molar-refractivity contribution in [3.8, 4) is 0 Å². The van der Waals surface area contributed by atoms with Gasteiger partial charge in [-0.25, -0.2) is 0 Å². The summed E-state index contributed by atoms with van der Waals surface area (Å²) in [7, 11) is 0. The predicted octanol–water partition coefficient (Wildman–Crippen LogP) is 4.02. The standard InChI is InChI=1S/C24H24N2O2/c27-23(17-9-3-1-4-10-17)15-21-22(16-24(28)18-11-5-2-6-12-18)26-20-14-8-7-13-19(20)25-21/h1-6,9-12,15-16,19-20,25-26H,7-8,13-14H2/b21-15-,22-16+/t19-,20-/m1/s1. The lowest BCUT2D eigenvalue weighted by Crippen LogP contribution is -2.55. The predicted molar refractivity (Wildman–Crippen MR) is 110 cm³/mol. The molecule has 2 aliphatic rings. The minimum Gasteiger partial charge on any atom is -0.378 e. The maximum Gasteiger partial charge on any atom is 0.187 e. The van der Waals surface area contributed by atoms with Gasteiger partial charge in [0.2, 0.25) is 0 Å². The Kier molecular flexibility index (Phi) is 5.38. The lowest BCUT2D eigenvalue weighted by molar-refractivity contribution is 0.103. The maximum absolute atomic E-state index is 12.7. The van der Waals surface area contributed by atoms with Gasteiger partial charge in [-0.1, -0.05) is 73.5 Å². The molecule has 4 nitrogen and oxygen atoms in total. The lowest BCUT2D eigenvalue weighted by atomic mass is 9.87. The molecule has 2 aromatic carbocycles. The van der Waals surface area contributed by atoms with Gasteiger partial charge in [0.25, 0.3) is 0 Å². The number of hydrogen-bond acceptors (Lipinski definition) is 4. The van der Waals surface area contributed by atoms with E-state index < -0.39 is 0 Å². The number of carbonyl (C=O) groups excluding carboxylic acids is 2. The molecule has 28 heavy (non-hydrogen) atoms. The highest BCUT2D eigenvalue weighted by Crippen LogP contribution is 2.26. The second-order valence-corrected chi connectivity index (χ2v) is 7.36. The van der Waals surface area contributed by atoms with Crippen molar-refractivity contribution in [3.63, 3.8) is 0 Å². The Bertz CT molecular complexity index is 839. The average Bonchev–Trinajstić information content (AvgIpc) is 2.75. The molecule has 0 radical (unpaired) electrons. The highest BCUT2D eigenvalue weighted by Gasteiger charge is 2.31. The molecule has 2 fully saturated rings. The van der Waals surface area contributed by atoms with E-state index in [4.69, 9.17) is 0 Å². The van der Waals surface area contributed by atoms with E-state index in [0.717, 1.165) is 12.8 Å². The molecule has 0 unspecified atom stereocenters. The molecule has 1 heterocycles. The summed E-state index contributed by atoms with van der Waals surface area (Å²) >= 11 is 0. The smallest absolute Gasteiger partial charge is 0.187 e.